The molecule has 0 fully saturated rings. The summed E-state index contributed by atoms with van der Waals surface area (Å²) in [5, 5.41) is 5.19. The molecular formula is C20H27NO2S. The van der Waals surface area contributed by atoms with Crippen LogP contribution in [0.5, 0.6) is 0 Å². The maximum atomic E-state index is 12.2. The molecule has 0 bridgehead atoms. The van der Waals surface area contributed by atoms with Gasteiger partial charge >= 0.3 is 0 Å². The van der Waals surface area contributed by atoms with E-state index in [2.05, 4.69) is 42.6 Å². The second-order valence-corrected chi connectivity index (χ2v) is 6.79. The van der Waals surface area contributed by atoms with E-state index in [1.54, 1.807) is 11.3 Å². The molecule has 0 aliphatic rings. The minimum absolute atomic E-state index is 0.0249. The molecule has 0 aliphatic carbocycles. The molecule has 0 spiro atoms. The number of aryl methyl sites for hydroxylation is 1. The van der Waals surface area contributed by atoms with E-state index in [1.807, 2.05) is 18.4 Å². The van der Waals surface area contributed by atoms with Crippen LogP contribution in [-0.4, -0.2) is 19.1 Å². The molecule has 0 radical (unpaired) electrons. The van der Waals surface area contributed by atoms with Crippen LogP contribution in [0.4, 0.5) is 0 Å². The van der Waals surface area contributed by atoms with Crippen molar-refractivity contribution in [3.63, 3.8) is 0 Å². The van der Waals surface area contributed by atoms with Gasteiger partial charge in [0.25, 0.3) is 0 Å². The van der Waals surface area contributed by atoms with Gasteiger partial charge in [0, 0.05) is 17.9 Å². The summed E-state index contributed by atoms with van der Waals surface area (Å²) < 4.78 is 5.28. The topological polar surface area (TPSA) is 38.3 Å². The summed E-state index contributed by atoms with van der Waals surface area (Å²) in [5.74, 6) is 0.0249. The lowest BCUT2D eigenvalue weighted by Gasteiger charge is -2.18. The number of unbranched alkanes of at least 4 members (excludes halogenated alkanes) is 1. The highest BCUT2D eigenvalue weighted by molar-refractivity contribution is 7.10. The van der Waals surface area contributed by atoms with Gasteiger partial charge < -0.3 is 10.1 Å². The zero-order valence-electron chi connectivity index (χ0n) is 14.6. The highest BCUT2D eigenvalue weighted by Gasteiger charge is 2.17. The maximum Gasteiger partial charge on any atom is 0.223 e. The third kappa shape index (κ3) is 5.77. The van der Waals surface area contributed by atoms with Gasteiger partial charge in [-0.15, -0.1) is 11.3 Å². The second kappa shape index (κ2) is 10.3. The first-order valence-corrected chi connectivity index (χ1v) is 9.62. The van der Waals surface area contributed by atoms with Crippen LogP contribution in [-0.2, 0) is 16.0 Å². The highest BCUT2D eigenvalue weighted by Crippen LogP contribution is 2.26. The molecule has 2 rings (SSSR count). The number of carbonyl (C=O) groups is 1. The quantitative estimate of drug-likeness (QED) is 0.633. The van der Waals surface area contributed by atoms with Crippen LogP contribution in [0.25, 0.3) is 0 Å². The Morgan fingerprint density at radius 1 is 1.21 bits per heavy atom. The van der Waals surface area contributed by atoms with Crippen molar-refractivity contribution in [3.05, 3.63) is 57.8 Å². The van der Waals surface area contributed by atoms with Crippen LogP contribution in [0.2, 0.25) is 0 Å². The van der Waals surface area contributed by atoms with Gasteiger partial charge in [0.2, 0.25) is 5.91 Å². The molecule has 1 N–H and O–H groups in total. The average molecular weight is 346 g/mol. The predicted molar refractivity (Wildman–Crippen MR) is 100 cm³/mol. The van der Waals surface area contributed by atoms with E-state index in [0.717, 1.165) is 16.9 Å². The summed E-state index contributed by atoms with van der Waals surface area (Å²) in [4.78, 5) is 13.4. The Balaban J connectivity index is 2.07. The molecule has 3 nitrogen and oxygen atoms in total. The van der Waals surface area contributed by atoms with Crippen molar-refractivity contribution >= 4 is 17.2 Å². The van der Waals surface area contributed by atoms with Gasteiger partial charge in [-0.2, -0.15) is 0 Å². The molecular weight excluding hydrogens is 318 g/mol. The molecule has 1 heterocycles. The Morgan fingerprint density at radius 3 is 2.62 bits per heavy atom. The van der Waals surface area contributed by atoms with E-state index in [0.29, 0.717) is 19.6 Å². The minimum Gasteiger partial charge on any atom is -0.381 e. The third-order valence-corrected chi connectivity index (χ3v) is 4.88. The van der Waals surface area contributed by atoms with Gasteiger partial charge in [0.1, 0.15) is 0 Å². The Labute approximate surface area is 149 Å². The van der Waals surface area contributed by atoms with Crippen LogP contribution in [0.15, 0.2) is 41.8 Å². The van der Waals surface area contributed by atoms with Crippen molar-refractivity contribution in [1.29, 1.82) is 0 Å². The van der Waals surface area contributed by atoms with Crippen LogP contribution in [0.1, 0.15) is 55.2 Å². The summed E-state index contributed by atoms with van der Waals surface area (Å²) in [6, 6.07) is 12.6. The Kier molecular flexibility index (Phi) is 7.99. The number of hydrogen-bond donors (Lipinski definition) is 1. The van der Waals surface area contributed by atoms with Gasteiger partial charge in [0.05, 0.1) is 12.6 Å². The number of thiophene rings is 1. The van der Waals surface area contributed by atoms with E-state index >= 15 is 0 Å². The van der Waals surface area contributed by atoms with Crippen molar-refractivity contribution in [3.8, 4) is 0 Å². The lowest BCUT2D eigenvalue weighted by molar-refractivity contribution is -0.122. The lowest BCUT2D eigenvalue weighted by atomic mass is 10.0. The number of hydrogen-bond acceptors (Lipinski definition) is 3. The number of nitrogens with one attached hydrogen (secondary N) is 1. The van der Waals surface area contributed by atoms with Crippen molar-refractivity contribution in [2.24, 2.45) is 0 Å². The van der Waals surface area contributed by atoms with Crippen LogP contribution < -0.4 is 5.32 Å². The van der Waals surface area contributed by atoms with Gasteiger partial charge in [-0.05, 0) is 42.3 Å². The molecule has 130 valence electrons. The first-order chi connectivity index (χ1) is 11.7. The normalized spacial score (nSPS) is 12.1. The van der Waals surface area contributed by atoms with Gasteiger partial charge in [0.15, 0.2) is 0 Å². The van der Waals surface area contributed by atoms with Crippen LogP contribution in [0, 0.1) is 0 Å². The van der Waals surface area contributed by atoms with Gasteiger partial charge in [-0.3, -0.25) is 4.79 Å². The molecule has 1 amide bonds. The zero-order chi connectivity index (χ0) is 17.2. The van der Waals surface area contributed by atoms with Gasteiger partial charge in [-0.1, -0.05) is 43.7 Å². The summed E-state index contributed by atoms with van der Waals surface area (Å²) >= 11 is 1.67. The predicted octanol–water partition coefficient (Wildman–Crippen LogP) is 4.72. The smallest absolute Gasteiger partial charge is 0.223 e. The summed E-state index contributed by atoms with van der Waals surface area (Å²) in [6.45, 7) is 5.25. The van der Waals surface area contributed by atoms with E-state index in [1.165, 1.54) is 18.4 Å². The second-order valence-electron chi connectivity index (χ2n) is 5.81. The fourth-order valence-corrected chi connectivity index (χ4v) is 3.38. The number of ether oxygens (including phenoxy) is 1. The van der Waals surface area contributed by atoms with Crippen molar-refractivity contribution in [1.82, 2.24) is 5.32 Å². The average Bonchev–Trinajstić information content (AvgIpc) is 3.13. The number of carbonyl (C=O) groups excluding carboxylic acids is 1. The van der Waals surface area contributed by atoms with E-state index in [-0.39, 0.29) is 11.9 Å². The molecule has 1 unspecified atom stereocenters. The number of benzene rings is 1. The Morgan fingerprint density at radius 2 is 2.00 bits per heavy atom. The molecule has 4 heteroatoms. The fraction of sp³-hybridized carbons (Fsp3) is 0.450. The molecule has 1 atom stereocenters. The third-order valence-electron chi connectivity index (χ3n) is 3.94. The first kappa shape index (κ1) is 18.7. The lowest BCUT2D eigenvalue weighted by Crippen LogP contribution is -2.29. The van der Waals surface area contributed by atoms with Crippen molar-refractivity contribution in [2.45, 2.75) is 45.6 Å². The zero-order valence-corrected chi connectivity index (χ0v) is 15.4. The summed E-state index contributed by atoms with van der Waals surface area (Å²) in [6.07, 6.45) is 3.92. The van der Waals surface area contributed by atoms with Gasteiger partial charge in [-0.25, -0.2) is 0 Å². The monoisotopic (exact) mass is 345 g/mol. The van der Waals surface area contributed by atoms with E-state index in [4.69, 9.17) is 4.74 Å². The fourth-order valence-electron chi connectivity index (χ4n) is 2.57. The Bertz CT molecular complexity index is 593. The van der Waals surface area contributed by atoms with Crippen molar-refractivity contribution < 1.29 is 9.53 Å². The molecule has 0 saturated carbocycles. The summed E-state index contributed by atoms with van der Waals surface area (Å²) in [7, 11) is 0. The molecule has 24 heavy (non-hydrogen) atoms. The molecule has 0 aliphatic heterocycles. The first-order valence-electron chi connectivity index (χ1n) is 8.74. The molecule has 1 aromatic heterocycles. The van der Waals surface area contributed by atoms with E-state index < -0.39 is 0 Å². The number of amides is 1. The standard InChI is InChI=1S/C20H27NO2S/c1-3-5-7-16-9-11-17(12-10-16)20(18-8-6-15-24-18)21-19(22)13-14-23-4-2/h6,8-12,15,20H,3-5,7,13-14H2,1-2H3,(H,21,22). The van der Waals surface area contributed by atoms with Crippen LogP contribution in [0.3, 0.4) is 0 Å². The minimum atomic E-state index is -0.0839. The highest BCUT2D eigenvalue weighted by atomic mass is 32.1. The summed E-state index contributed by atoms with van der Waals surface area (Å²) in [5.41, 5.74) is 2.48. The molecule has 0 saturated heterocycles. The van der Waals surface area contributed by atoms with E-state index in [9.17, 15) is 4.79 Å². The molecule has 2 aromatic rings. The maximum absolute atomic E-state index is 12.2. The number of rotatable bonds is 10. The Hall–Kier alpha value is -1.65. The molecule has 1 aromatic carbocycles. The van der Waals surface area contributed by atoms with Crippen LogP contribution >= 0.6 is 11.3 Å². The SMILES string of the molecule is CCCCc1ccc(C(NC(=O)CCOCC)c2cccs2)cc1. The largest absolute Gasteiger partial charge is 0.381 e. The van der Waals surface area contributed by atoms with Crippen molar-refractivity contribution in [2.75, 3.05) is 13.2 Å².